The van der Waals surface area contributed by atoms with Gasteiger partial charge in [0.1, 0.15) is 0 Å². The van der Waals surface area contributed by atoms with Gasteiger partial charge in [-0.15, -0.1) is 0 Å². The Balaban J connectivity index is 1.90. The summed E-state index contributed by atoms with van der Waals surface area (Å²) in [5.41, 5.74) is 7.52. The van der Waals surface area contributed by atoms with Crippen molar-refractivity contribution in [2.24, 2.45) is 12.8 Å². The number of methoxy groups -OCH3 is 1. The molecule has 1 aliphatic rings. The fraction of sp³-hybridized carbons (Fsp3) is 0.769. The number of aryl methyl sites for hydroxylation is 2. The van der Waals surface area contributed by atoms with E-state index in [4.69, 9.17) is 10.5 Å². The van der Waals surface area contributed by atoms with Gasteiger partial charge >= 0.3 is 0 Å². The highest BCUT2D eigenvalue weighted by Gasteiger charge is 2.39. The van der Waals surface area contributed by atoms with Crippen LogP contribution in [0.15, 0.2) is 12.4 Å². The molecule has 96 valence electrons. The molecular formula is C13H23N3O. The maximum atomic E-state index is 6.33. The number of hydrogen-bond acceptors (Lipinski definition) is 3. The third-order valence-electron chi connectivity index (χ3n) is 4.03. The SMILES string of the molecule is COC1(C(N)CCc2cnn(C)c2)CCCC1. The Labute approximate surface area is 103 Å². The van der Waals surface area contributed by atoms with Gasteiger partial charge in [0.2, 0.25) is 0 Å². The van der Waals surface area contributed by atoms with Gasteiger partial charge in [0.05, 0.1) is 11.8 Å². The summed E-state index contributed by atoms with van der Waals surface area (Å²) in [6.07, 6.45) is 10.6. The summed E-state index contributed by atoms with van der Waals surface area (Å²) < 4.78 is 7.54. The molecule has 0 radical (unpaired) electrons. The first-order chi connectivity index (χ1) is 8.16. The molecule has 0 aromatic carbocycles. The molecule has 0 amide bonds. The Morgan fingerprint density at radius 1 is 1.53 bits per heavy atom. The average molecular weight is 237 g/mol. The maximum absolute atomic E-state index is 6.33. The second-order valence-corrected chi connectivity index (χ2v) is 5.14. The van der Waals surface area contributed by atoms with Gasteiger partial charge in [0, 0.05) is 26.4 Å². The van der Waals surface area contributed by atoms with Crippen LogP contribution < -0.4 is 5.73 Å². The summed E-state index contributed by atoms with van der Waals surface area (Å²) in [5.74, 6) is 0. The van der Waals surface area contributed by atoms with E-state index in [9.17, 15) is 0 Å². The zero-order valence-corrected chi connectivity index (χ0v) is 10.9. The number of aromatic nitrogens is 2. The lowest BCUT2D eigenvalue weighted by atomic mass is 9.89. The summed E-state index contributed by atoms with van der Waals surface area (Å²) >= 11 is 0. The summed E-state index contributed by atoms with van der Waals surface area (Å²) in [6, 6.07) is 0.134. The standard InChI is InChI=1S/C13H23N3O/c1-16-10-11(9-15-16)5-6-12(14)13(17-2)7-3-4-8-13/h9-10,12H,3-8,14H2,1-2H3. The van der Waals surface area contributed by atoms with Crippen LogP contribution in [0.3, 0.4) is 0 Å². The summed E-state index contributed by atoms with van der Waals surface area (Å²) in [5, 5.41) is 4.17. The molecule has 0 aliphatic heterocycles. The van der Waals surface area contributed by atoms with Crippen molar-refractivity contribution >= 4 is 0 Å². The number of ether oxygens (including phenoxy) is 1. The predicted molar refractivity (Wildman–Crippen MR) is 67.7 cm³/mol. The quantitative estimate of drug-likeness (QED) is 0.847. The molecule has 1 fully saturated rings. The molecule has 1 aliphatic carbocycles. The topological polar surface area (TPSA) is 53.1 Å². The van der Waals surface area contributed by atoms with Crippen molar-refractivity contribution in [3.63, 3.8) is 0 Å². The van der Waals surface area contributed by atoms with E-state index in [1.165, 1.54) is 18.4 Å². The Morgan fingerprint density at radius 3 is 2.76 bits per heavy atom. The van der Waals surface area contributed by atoms with Crippen LogP contribution >= 0.6 is 0 Å². The van der Waals surface area contributed by atoms with Gasteiger partial charge in [-0.2, -0.15) is 5.10 Å². The minimum absolute atomic E-state index is 0.0673. The fourth-order valence-corrected chi connectivity index (χ4v) is 2.89. The minimum Gasteiger partial charge on any atom is -0.377 e. The molecule has 1 atom stereocenters. The van der Waals surface area contributed by atoms with Gasteiger partial charge < -0.3 is 10.5 Å². The molecule has 1 unspecified atom stereocenters. The fourth-order valence-electron chi connectivity index (χ4n) is 2.89. The highest BCUT2D eigenvalue weighted by Crippen LogP contribution is 2.36. The molecular weight excluding hydrogens is 214 g/mol. The van der Waals surface area contributed by atoms with Crippen molar-refractivity contribution < 1.29 is 4.74 Å². The number of nitrogens with zero attached hydrogens (tertiary/aromatic N) is 2. The van der Waals surface area contributed by atoms with Crippen molar-refractivity contribution in [2.45, 2.75) is 50.2 Å². The lowest BCUT2D eigenvalue weighted by molar-refractivity contribution is -0.0273. The first-order valence-corrected chi connectivity index (χ1v) is 6.44. The van der Waals surface area contributed by atoms with Crippen LogP contribution in [0.4, 0.5) is 0 Å². The lowest BCUT2D eigenvalue weighted by Gasteiger charge is -2.33. The minimum atomic E-state index is -0.0673. The zero-order valence-electron chi connectivity index (χ0n) is 10.9. The lowest BCUT2D eigenvalue weighted by Crippen LogP contribution is -2.47. The van der Waals surface area contributed by atoms with Crippen LogP contribution in [0.1, 0.15) is 37.7 Å². The largest absolute Gasteiger partial charge is 0.377 e. The third kappa shape index (κ3) is 2.69. The average Bonchev–Trinajstić information content (AvgIpc) is 2.95. The van der Waals surface area contributed by atoms with Gasteiger partial charge in [-0.05, 0) is 31.2 Å². The van der Waals surface area contributed by atoms with Crippen LogP contribution in [0, 0.1) is 0 Å². The molecule has 17 heavy (non-hydrogen) atoms. The Hall–Kier alpha value is -0.870. The first-order valence-electron chi connectivity index (χ1n) is 6.44. The Kier molecular flexibility index (Phi) is 3.84. The van der Waals surface area contributed by atoms with Gasteiger partial charge in [-0.3, -0.25) is 4.68 Å². The predicted octanol–water partition coefficient (Wildman–Crippen LogP) is 1.64. The van der Waals surface area contributed by atoms with E-state index < -0.39 is 0 Å². The molecule has 1 saturated carbocycles. The van der Waals surface area contributed by atoms with Crippen LogP contribution in [0.2, 0.25) is 0 Å². The molecule has 0 bridgehead atoms. The zero-order chi connectivity index (χ0) is 12.3. The second kappa shape index (κ2) is 5.19. The monoisotopic (exact) mass is 237 g/mol. The van der Waals surface area contributed by atoms with E-state index in [0.717, 1.165) is 25.7 Å². The van der Waals surface area contributed by atoms with Crippen molar-refractivity contribution in [3.05, 3.63) is 18.0 Å². The van der Waals surface area contributed by atoms with Gasteiger partial charge in [0.15, 0.2) is 0 Å². The molecule has 1 aromatic heterocycles. The van der Waals surface area contributed by atoms with Crippen molar-refractivity contribution in [1.82, 2.24) is 9.78 Å². The van der Waals surface area contributed by atoms with Crippen LogP contribution in [-0.2, 0) is 18.2 Å². The molecule has 0 spiro atoms. The van der Waals surface area contributed by atoms with Gasteiger partial charge in [-0.1, -0.05) is 12.8 Å². The molecule has 2 rings (SSSR count). The smallest absolute Gasteiger partial charge is 0.0828 e. The van der Waals surface area contributed by atoms with Crippen molar-refractivity contribution in [3.8, 4) is 0 Å². The summed E-state index contributed by atoms with van der Waals surface area (Å²) in [7, 11) is 3.74. The van der Waals surface area contributed by atoms with E-state index in [2.05, 4.69) is 11.3 Å². The molecule has 2 N–H and O–H groups in total. The summed E-state index contributed by atoms with van der Waals surface area (Å²) in [6.45, 7) is 0. The van der Waals surface area contributed by atoms with E-state index in [0.29, 0.717) is 0 Å². The third-order valence-corrected chi connectivity index (χ3v) is 4.03. The number of nitrogens with two attached hydrogens (primary N) is 1. The van der Waals surface area contributed by atoms with Gasteiger partial charge in [-0.25, -0.2) is 0 Å². The maximum Gasteiger partial charge on any atom is 0.0828 e. The normalized spacial score (nSPS) is 20.6. The van der Waals surface area contributed by atoms with E-state index in [1.807, 2.05) is 17.9 Å². The first kappa shape index (κ1) is 12.6. The van der Waals surface area contributed by atoms with Crippen LogP contribution in [-0.4, -0.2) is 28.5 Å². The Morgan fingerprint density at radius 2 is 2.24 bits per heavy atom. The highest BCUT2D eigenvalue weighted by molar-refractivity contribution is 5.05. The molecule has 1 aromatic rings. The van der Waals surface area contributed by atoms with Crippen LogP contribution in [0.5, 0.6) is 0 Å². The second-order valence-electron chi connectivity index (χ2n) is 5.14. The molecule has 4 heteroatoms. The molecule has 4 nitrogen and oxygen atoms in total. The molecule has 1 heterocycles. The van der Waals surface area contributed by atoms with E-state index >= 15 is 0 Å². The molecule has 0 saturated heterocycles. The van der Waals surface area contributed by atoms with Crippen LogP contribution in [0.25, 0.3) is 0 Å². The highest BCUT2D eigenvalue weighted by atomic mass is 16.5. The van der Waals surface area contributed by atoms with E-state index in [1.54, 1.807) is 7.11 Å². The number of hydrogen-bond donors (Lipinski definition) is 1. The Bertz CT molecular complexity index is 355. The van der Waals surface area contributed by atoms with Crippen molar-refractivity contribution in [2.75, 3.05) is 7.11 Å². The van der Waals surface area contributed by atoms with E-state index in [-0.39, 0.29) is 11.6 Å². The van der Waals surface area contributed by atoms with Crippen molar-refractivity contribution in [1.29, 1.82) is 0 Å². The number of rotatable bonds is 5. The van der Waals surface area contributed by atoms with Gasteiger partial charge in [0.25, 0.3) is 0 Å². The summed E-state index contributed by atoms with van der Waals surface area (Å²) in [4.78, 5) is 0.